The molecule has 4 amide bonds. The maximum atomic E-state index is 12.8. The summed E-state index contributed by atoms with van der Waals surface area (Å²) in [6, 6.07) is 32.6. The molecule has 19 heteroatoms. The number of hydrogen-bond acceptors (Lipinski definition) is 11. The van der Waals surface area contributed by atoms with Gasteiger partial charge in [0, 0.05) is 103 Å². The van der Waals surface area contributed by atoms with Gasteiger partial charge in [0.25, 0.3) is 0 Å². The molecule has 0 bridgehead atoms. The van der Waals surface area contributed by atoms with Crippen molar-refractivity contribution in [2.24, 2.45) is 23.7 Å². The number of nitrogens with one attached hydrogen (secondary N) is 3. The number of hydrogen-bond donors (Lipinski definition) is 3. The monoisotopic (exact) mass is 974 g/mol. The zero-order valence-electron chi connectivity index (χ0n) is 38.0. The third kappa shape index (κ3) is 12.7. The molecule has 4 fully saturated rings. The predicted octanol–water partition coefficient (Wildman–Crippen LogP) is 8.22. The fourth-order valence-electron chi connectivity index (χ4n) is 8.96. The lowest BCUT2D eigenvalue weighted by atomic mass is 10.0. The number of amides is 4. The van der Waals surface area contributed by atoms with Crippen LogP contribution in [0.4, 0.5) is 21.2 Å². The number of halogens is 2. The second-order valence-electron chi connectivity index (χ2n) is 17.3. The Morgan fingerprint density at radius 3 is 1.59 bits per heavy atom. The van der Waals surface area contributed by atoms with Crippen LogP contribution in [0, 0.1) is 23.7 Å². The molecule has 2 aromatic heterocycles. The highest BCUT2D eigenvalue weighted by Crippen LogP contribution is 2.34. The Bertz CT molecular complexity index is 2770. The van der Waals surface area contributed by atoms with Gasteiger partial charge in [-0.05, 0) is 77.8 Å². The Balaban J connectivity index is 0.000000154. The lowest BCUT2D eigenvalue weighted by Gasteiger charge is -2.21. The average Bonchev–Trinajstić information content (AvgIpc) is 4.20. The lowest BCUT2D eigenvalue weighted by Crippen LogP contribution is -2.36. The SMILES string of the molecule is CC(=O)Nc1ccn(C(=O)N2CC3CN(Cc4cccc(Oc5ccccc5Cl)c4)CC3C2)n1.CC(=O)Nc1ccn(C(=O)N2CC3CNCC3C2)n1.O=Cc1cccc(Oc2ccccc2Cl)c1. The average molecular weight is 976 g/mol. The van der Waals surface area contributed by atoms with Gasteiger partial charge in [-0.1, -0.05) is 71.7 Å². The van der Waals surface area contributed by atoms with Crippen LogP contribution >= 0.6 is 23.2 Å². The molecule has 358 valence electrons. The number of para-hydroxylation sites is 2. The number of carbonyl (C=O) groups is 5. The minimum atomic E-state index is -0.213. The Labute approximate surface area is 409 Å². The van der Waals surface area contributed by atoms with E-state index in [-0.39, 0.29) is 23.9 Å². The highest BCUT2D eigenvalue weighted by atomic mass is 35.5. The van der Waals surface area contributed by atoms with Crippen LogP contribution in [0.15, 0.2) is 122 Å². The Hall–Kier alpha value is -7.05. The number of benzene rings is 4. The fraction of sp³-hybridized carbons (Fsp3) is 0.300. The third-order valence-electron chi connectivity index (χ3n) is 12.1. The van der Waals surface area contributed by atoms with Gasteiger partial charge in [-0.3, -0.25) is 19.3 Å². The van der Waals surface area contributed by atoms with Gasteiger partial charge in [0.15, 0.2) is 11.6 Å². The van der Waals surface area contributed by atoms with Gasteiger partial charge in [-0.2, -0.15) is 9.36 Å². The van der Waals surface area contributed by atoms with E-state index in [1.807, 2.05) is 58.3 Å². The number of likely N-dealkylation sites (tertiary alicyclic amines) is 3. The molecule has 17 nitrogen and oxygen atoms in total. The standard InChI is InChI=1S/C25H26ClN5O3.C13H9ClO2.C12H17N5O2/c1-17(32)27-24-9-10-31(28-24)25(33)30-15-19-13-29(14-20(19)16-30)12-18-5-4-6-21(11-18)34-23-8-3-2-7-22(23)26;14-12-6-1-2-7-13(12)16-11-5-3-4-10(8-11)9-15;1-8(18)14-11-2-3-17(15-11)12(19)16-6-9-4-13-5-10(9)7-16/h2-11,19-20H,12-16H2,1H3,(H,27,28,32);1-9H;2-3,9-10,13H,4-7H2,1H3,(H,14,15,18). The van der Waals surface area contributed by atoms with E-state index >= 15 is 0 Å². The molecule has 4 aliphatic heterocycles. The quantitative estimate of drug-likeness (QED) is 0.119. The van der Waals surface area contributed by atoms with Crippen LogP contribution in [0.25, 0.3) is 0 Å². The van der Waals surface area contributed by atoms with Gasteiger partial charge in [0.1, 0.15) is 29.3 Å². The van der Waals surface area contributed by atoms with E-state index in [9.17, 15) is 24.0 Å². The van der Waals surface area contributed by atoms with Gasteiger partial charge < -0.3 is 35.2 Å². The highest BCUT2D eigenvalue weighted by molar-refractivity contribution is 6.32. The maximum Gasteiger partial charge on any atom is 0.344 e. The Kier molecular flexibility index (Phi) is 15.7. The molecule has 6 heterocycles. The van der Waals surface area contributed by atoms with Crippen molar-refractivity contribution in [1.29, 1.82) is 0 Å². The molecule has 4 aromatic carbocycles. The van der Waals surface area contributed by atoms with Gasteiger partial charge >= 0.3 is 12.1 Å². The first kappa shape index (κ1) is 48.4. The van der Waals surface area contributed by atoms with E-state index in [1.54, 1.807) is 60.9 Å². The first-order chi connectivity index (χ1) is 33.4. The number of carbonyl (C=O) groups excluding carboxylic acids is 5. The second-order valence-corrected chi connectivity index (χ2v) is 18.1. The summed E-state index contributed by atoms with van der Waals surface area (Å²) < 4.78 is 14.1. The van der Waals surface area contributed by atoms with Crippen molar-refractivity contribution < 1.29 is 33.4 Å². The van der Waals surface area contributed by atoms with Crippen LogP contribution in [0.3, 0.4) is 0 Å². The van der Waals surface area contributed by atoms with Crippen molar-refractivity contribution >= 4 is 65.0 Å². The zero-order valence-corrected chi connectivity index (χ0v) is 39.6. The number of aromatic nitrogens is 4. The van der Waals surface area contributed by atoms with Gasteiger partial charge in [0.2, 0.25) is 11.8 Å². The lowest BCUT2D eigenvalue weighted by molar-refractivity contribution is -0.115. The zero-order chi connectivity index (χ0) is 48.4. The summed E-state index contributed by atoms with van der Waals surface area (Å²) in [5.41, 5.74) is 1.75. The van der Waals surface area contributed by atoms with E-state index in [1.165, 1.54) is 28.8 Å². The highest BCUT2D eigenvalue weighted by Gasteiger charge is 2.42. The van der Waals surface area contributed by atoms with E-state index in [4.69, 9.17) is 32.7 Å². The minimum absolute atomic E-state index is 0.119. The van der Waals surface area contributed by atoms with Gasteiger partial charge in [0.05, 0.1) is 10.0 Å². The fourth-order valence-corrected chi connectivity index (χ4v) is 9.31. The maximum absolute atomic E-state index is 12.8. The smallest absolute Gasteiger partial charge is 0.344 e. The van der Waals surface area contributed by atoms with Crippen LogP contribution in [-0.4, -0.2) is 117 Å². The summed E-state index contributed by atoms with van der Waals surface area (Å²) in [6.45, 7) is 10.5. The van der Waals surface area contributed by atoms with E-state index in [0.717, 1.165) is 57.8 Å². The molecule has 0 aliphatic carbocycles. The van der Waals surface area contributed by atoms with Crippen LogP contribution < -0.4 is 25.4 Å². The van der Waals surface area contributed by atoms with Gasteiger partial charge in [-0.25, -0.2) is 9.59 Å². The molecule has 0 radical (unpaired) electrons. The van der Waals surface area contributed by atoms with Crippen LogP contribution in [0.5, 0.6) is 23.0 Å². The first-order valence-electron chi connectivity index (χ1n) is 22.5. The molecule has 3 N–H and O–H groups in total. The minimum Gasteiger partial charge on any atom is -0.456 e. The van der Waals surface area contributed by atoms with Crippen molar-refractivity contribution in [3.8, 4) is 23.0 Å². The van der Waals surface area contributed by atoms with Crippen LogP contribution in [0.1, 0.15) is 29.8 Å². The number of nitrogens with zero attached hydrogens (tertiary/aromatic N) is 7. The summed E-state index contributed by atoms with van der Waals surface area (Å²) in [6.07, 6.45) is 3.95. The van der Waals surface area contributed by atoms with E-state index in [0.29, 0.717) is 81.3 Å². The molecule has 10 rings (SSSR count). The number of rotatable bonds is 9. The molecular formula is C50H52Cl2N10O7. The van der Waals surface area contributed by atoms with Crippen LogP contribution in [-0.2, 0) is 16.1 Å². The third-order valence-corrected chi connectivity index (χ3v) is 12.7. The number of fused-ring (bicyclic) bond motifs is 2. The number of aldehydes is 1. The molecule has 69 heavy (non-hydrogen) atoms. The predicted molar refractivity (Wildman–Crippen MR) is 261 cm³/mol. The van der Waals surface area contributed by atoms with Gasteiger partial charge in [-0.15, -0.1) is 10.2 Å². The summed E-state index contributed by atoms with van der Waals surface area (Å²) >= 11 is 12.2. The summed E-state index contributed by atoms with van der Waals surface area (Å²) in [5.74, 6) is 4.97. The van der Waals surface area contributed by atoms with Crippen molar-refractivity contribution in [3.05, 3.63) is 143 Å². The number of ether oxygens (including phenoxy) is 2. The molecule has 4 aliphatic rings. The van der Waals surface area contributed by atoms with Crippen molar-refractivity contribution in [2.45, 2.75) is 20.4 Å². The van der Waals surface area contributed by atoms with Crippen LogP contribution in [0.2, 0.25) is 10.0 Å². The molecule has 6 aromatic rings. The molecular weight excluding hydrogens is 924 g/mol. The van der Waals surface area contributed by atoms with Crippen molar-refractivity contribution in [2.75, 3.05) is 63.0 Å². The Morgan fingerprint density at radius 2 is 1.10 bits per heavy atom. The van der Waals surface area contributed by atoms with E-state index in [2.05, 4.69) is 43.2 Å². The first-order valence-corrected chi connectivity index (χ1v) is 23.3. The molecule has 4 unspecified atom stereocenters. The summed E-state index contributed by atoms with van der Waals surface area (Å²) in [7, 11) is 0. The largest absolute Gasteiger partial charge is 0.456 e. The molecule has 4 atom stereocenters. The molecule has 4 saturated heterocycles. The molecule has 0 spiro atoms. The van der Waals surface area contributed by atoms with E-state index < -0.39 is 0 Å². The normalized spacial score (nSPS) is 19.0. The Morgan fingerprint density at radius 1 is 0.623 bits per heavy atom. The summed E-state index contributed by atoms with van der Waals surface area (Å²) in [5, 5.41) is 17.9. The van der Waals surface area contributed by atoms with Crippen molar-refractivity contribution in [1.82, 2.24) is 39.6 Å². The molecule has 0 saturated carbocycles. The number of anilines is 2. The van der Waals surface area contributed by atoms with Crippen molar-refractivity contribution in [3.63, 3.8) is 0 Å². The second kappa shape index (κ2) is 22.4. The summed E-state index contributed by atoms with van der Waals surface area (Å²) in [4.78, 5) is 63.9. The topological polar surface area (TPSA) is 185 Å².